The number of benzene rings is 1. The van der Waals surface area contributed by atoms with Crippen LogP contribution in [0.1, 0.15) is 0 Å². The quantitative estimate of drug-likeness (QED) is 0.743. The van der Waals surface area contributed by atoms with Gasteiger partial charge in [0.25, 0.3) is 0 Å². The lowest BCUT2D eigenvalue weighted by Gasteiger charge is -2.05. The minimum absolute atomic E-state index is 0.260. The molecule has 1 nitrogen and oxygen atoms in total. The largest absolute Gasteiger partial charge is 0.511 e. The van der Waals surface area contributed by atoms with Crippen molar-refractivity contribution in [3.05, 3.63) is 23.0 Å². The van der Waals surface area contributed by atoms with Gasteiger partial charge in [0.15, 0.2) is 0 Å². The van der Waals surface area contributed by atoms with E-state index in [2.05, 4.69) is 12.9 Å². The van der Waals surface area contributed by atoms with Gasteiger partial charge in [-0.15, -0.1) is 3.69 Å². The SMILES string of the molecule is COc1c[c]([Mg][Br])c(F)cc1Cl. The second-order valence-electron chi connectivity index (χ2n) is 2.21. The minimum Gasteiger partial charge on any atom is -0.495 e. The van der Waals surface area contributed by atoms with Gasteiger partial charge in [0, 0.05) is 0 Å². The van der Waals surface area contributed by atoms with E-state index in [-0.39, 0.29) is 5.82 Å². The number of ether oxygens (including phenoxy) is 1. The van der Waals surface area contributed by atoms with Crippen LogP contribution in [0.5, 0.6) is 5.75 Å². The van der Waals surface area contributed by atoms with Crippen molar-refractivity contribution in [3.8, 4) is 5.75 Å². The molecule has 0 fully saturated rings. The standard InChI is InChI=1S/C7H5ClFO.BrH.Mg/c1-10-7-3-2-5(9)4-6(7)8;;/h3-4H,1H3;1H;/q;;+1/p-1. The highest BCUT2D eigenvalue weighted by atomic mass is 79.9. The topological polar surface area (TPSA) is 9.23 Å². The van der Waals surface area contributed by atoms with E-state index < -0.39 is 18.2 Å². The number of hydrogen-bond donors (Lipinski definition) is 0. The Kier molecular flexibility index (Phi) is 4.09. The third kappa shape index (κ3) is 2.25. The second-order valence-corrected chi connectivity index (χ2v) is 5.33. The molecule has 1 rings (SSSR count). The van der Waals surface area contributed by atoms with Gasteiger partial charge >= 0.3 is 18.2 Å². The monoisotopic (exact) mass is 262 g/mol. The number of hydrogen-bond acceptors (Lipinski definition) is 1. The average molecular weight is 264 g/mol. The molecule has 0 aliphatic carbocycles. The summed E-state index contributed by atoms with van der Waals surface area (Å²) in [5.41, 5.74) is 0. The minimum atomic E-state index is -0.686. The smallest absolute Gasteiger partial charge is 0.495 e. The first kappa shape index (κ1) is 10.6. The average Bonchev–Trinajstić information content (AvgIpc) is 2.05. The Labute approximate surface area is 90.8 Å². The molecule has 0 aromatic heterocycles. The number of halogens is 3. The van der Waals surface area contributed by atoms with Crippen LogP contribution in [0, 0.1) is 5.82 Å². The summed E-state index contributed by atoms with van der Waals surface area (Å²) in [6.45, 7) is 0. The molecule has 0 aliphatic rings. The Balaban J connectivity index is 3.18. The van der Waals surface area contributed by atoms with Crippen LogP contribution in [0.15, 0.2) is 12.1 Å². The molecule has 0 amide bonds. The van der Waals surface area contributed by atoms with E-state index >= 15 is 0 Å². The van der Waals surface area contributed by atoms with Gasteiger partial charge in [-0.3, -0.25) is 12.9 Å². The molecule has 1 aromatic rings. The fraction of sp³-hybridized carbons (Fsp3) is 0.143. The molecule has 0 bridgehead atoms. The summed E-state index contributed by atoms with van der Waals surface area (Å²) >= 11 is 8.30. The lowest BCUT2D eigenvalue weighted by Crippen LogP contribution is -2.13. The summed E-state index contributed by atoms with van der Waals surface area (Å²) in [4.78, 5) is 0. The lowest BCUT2D eigenvalue weighted by atomic mass is 10.3. The highest BCUT2D eigenvalue weighted by molar-refractivity contribution is 9.23. The Morgan fingerprint density at radius 3 is 2.75 bits per heavy atom. The van der Waals surface area contributed by atoms with Crippen molar-refractivity contribution in [1.29, 1.82) is 0 Å². The van der Waals surface area contributed by atoms with Crippen molar-refractivity contribution >= 4 is 46.4 Å². The first-order chi connectivity index (χ1) is 5.69. The van der Waals surface area contributed by atoms with Crippen LogP contribution >= 0.6 is 24.5 Å². The van der Waals surface area contributed by atoms with Gasteiger partial charge in [0.05, 0.1) is 12.1 Å². The van der Waals surface area contributed by atoms with Gasteiger partial charge in [-0.25, -0.2) is 4.39 Å². The van der Waals surface area contributed by atoms with Crippen molar-refractivity contribution < 1.29 is 9.13 Å². The lowest BCUT2D eigenvalue weighted by molar-refractivity contribution is 0.414. The van der Waals surface area contributed by atoms with E-state index in [0.29, 0.717) is 14.5 Å². The molecule has 0 spiro atoms. The molecule has 62 valence electrons. The maximum Gasteiger partial charge on any atom is 0.511 e. The maximum atomic E-state index is 13.0. The van der Waals surface area contributed by atoms with Gasteiger partial charge in [0.2, 0.25) is 0 Å². The number of rotatable bonds is 2. The summed E-state index contributed by atoms with van der Waals surface area (Å²) in [6.07, 6.45) is 0. The Bertz CT molecular complexity index is 270. The van der Waals surface area contributed by atoms with Crippen molar-refractivity contribution in [2.45, 2.75) is 0 Å². The molecule has 5 heteroatoms. The van der Waals surface area contributed by atoms with Crippen LogP contribution in [-0.2, 0) is 0 Å². The van der Waals surface area contributed by atoms with Gasteiger partial charge in [-0.1, -0.05) is 11.6 Å². The molecular formula is C7H5BrClFMgO. The van der Waals surface area contributed by atoms with E-state index in [1.165, 1.54) is 13.2 Å². The zero-order valence-corrected chi connectivity index (χ0v) is 10.2. The highest BCUT2D eigenvalue weighted by Crippen LogP contribution is 2.23. The molecule has 0 saturated carbocycles. The fourth-order valence-electron chi connectivity index (χ4n) is 0.830. The molecule has 0 unspecified atom stereocenters. The second kappa shape index (κ2) is 4.65. The van der Waals surface area contributed by atoms with Gasteiger partial charge in [0.1, 0.15) is 11.6 Å². The first-order valence-electron chi connectivity index (χ1n) is 3.27. The van der Waals surface area contributed by atoms with E-state index in [0.717, 1.165) is 0 Å². The third-order valence-electron chi connectivity index (χ3n) is 1.46. The maximum absolute atomic E-state index is 13.0. The van der Waals surface area contributed by atoms with Crippen LogP contribution in [0.4, 0.5) is 4.39 Å². The van der Waals surface area contributed by atoms with Crippen LogP contribution in [0.2, 0.25) is 5.02 Å². The third-order valence-corrected chi connectivity index (χ3v) is 4.40. The molecule has 12 heavy (non-hydrogen) atoms. The molecule has 1 aromatic carbocycles. The Morgan fingerprint density at radius 1 is 1.58 bits per heavy atom. The highest BCUT2D eigenvalue weighted by Gasteiger charge is 2.08. The summed E-state index contributed by atoms with van der Waals surface area (Å²) in [7, 11) is 1.51. The summed E-state index contributed by atoms with van der Waals surface area (Å²) in [5, 5.41) is 0.314. The molecule has 0 N–H and O–H groups in total. The molecule has 0 heterocycles. The molecule has 0 atom stereocenters. The van der Waals surface area contributed by atoms with E-state index in [4.69, 9.17) is 16.3 Å². The zero-order valence-electron chi connectivity index (χ0n) is 6.40. The van der Waals surface area contributed by atoms with E-state index in [1.54, 1.807) is 6.07 Å². The van der Waals surface area contributed by atoms with E-state index in [9.17, 15) is 4.39 Å². The van der Waals surface area contributed by atoms with Gasteiger partial charge in [-0.2, -0.15) is 0 Å². The fourth-order valence-corrected chi connectivity index (χ4v) is 2.84. The Morgan fingerprint density at radius 2 is 2.25 bits per heavy atom. The van der Waals surface area contributed by atoms with Gasteiger partial charge < -0.3 is 4.74 Å². The van der Waals surface area contributed by atoms with Crippen molar-refractivity contribution in [2.75, 3.05) is 7.11 Å². The molecular weight excluding hydrogens is 259 g/mol. The summed E-state index contributed by atoms with van der Waals surface area (Å²) in [5.74, 6) is 0.268. The zero-order chi connectivity index (χ0) is 9.14. The van der Waals surface area contributed by atoms with Crippen LogP contribution < -0.4 is 8.43 Å². The Hall–Kier alpha value is 0.486. The van der Waals surface area contributed by atoms with E-state index in [1.807, 2.05) is 0 Å². The predicted molar refractivity (Wildman–Crippen MR) is 52.3 cm³/mol. The summed E-state index contributed by atoms with van der Waals surface area (Å²) in [6, 6.07) is 2.92. The van der Waals surface area contributed by atoms with Crippen LogP contribution in [0.25, 0.3) is 0 Å². The predicted octanol–water partition coefficient (Wildman–Crippen LogP) is 2.13. The first-order valence-corrected chi connectivity index (χ1v) is 8.25. The van der Waals surface area contributed by atoms with Crippen LogP contribution in [0.3, 0.4) is 0 Å². The molecule has 0 saturated heterocycles. The normalized spacial score (nSPS) is 9.33. The van der Waals surface area contributed by atoms with Crippen molar-refractivity contribution in [1.82, 2.24) is 0 Å². The van der Waals surface area contributed by atoms with Crippen molar-refractivity contribution in [3.63, 3.8) is 0 Å². The van der Waals surface area contributed by atoms with Crippen molar-refractivity contribution in [2.24, 2.45) is 0 Å². The van der Waals surface area contributed by atoms with Gasteiger partial charge in [-0.05, 0) is 12.1 Å². The molecule has 0 radical (unpaired) electrons. The summed E-state index contributed by atoms with van der Waals surface area (Å²) < 4.78 is 18.7. The molecule has 0 aliphatic heterocycles. The van der Waals surface area contributed by atoms with Crippen LogP contribution in [-0.4, -0.2) is 25.3 Å². The number of methoxy groups -OCH3 is 1.